The summed E-state index contributed by atoms with van der Waals surface area (Å²) in [5.74, 6) is 0.479. The fraction of sp³-hybridized carbons (Fsp3) is 0.222. The normalized spacial score (nSPS) is 11.4. The van der Waals surface area contributed by atoms with Crippen LogP contribution in [0.4, 0.5) is 10.5 Å². The first-order chi connectivity index (χ1) is 12.0. The molecule has 132 valence electrons. The summed E-state index contributed by atoms with van der Waals surface area (Å²) in [6.07, 6.45) is 0.0395. The maximum absolute atomic E-state index is 12.3. The van der Waals surface area contributed by atoms with E-state index in [4.69, 9.17) is 22.1 Å². The van der Waals surface area contributed by atoms with Crippen molar-refractivity contribution in [2.45, 2.75) is 19.4 Å². The Morgan fingerprint density at radius 1 is 1.12 bits per heavy atom. The van der Waals surface area contributed by atoms with Crippen molar-refractivity contribution in [1.29, 1.82) is 0 Å². The standard InChI is InChI=1S/C18H20ClN3O3/c1-2-25-15-9-7-14(8-10-15)21-17(23)11-16(22-18(20)24)12-3-5-13(19)6-4-12/h3-10,16H,2,11H2,1H3,(H,21,23)(H3,20,22,24). The maximum Gasteiger partial charge on any atom is 0.312 e. The lowest BCUT2D eigenvalue weighted by molar-refractivity contribution is -0.116. The molecule has 6 nitrogen and oxygen atoms in total. The highest BCUT2D eigenvalue weighted by Gasteiger charge is 2.17. The van der Waals surface area contributed by atoms with Crippen molar-refractivity contribution in [3.05, 3.63) is 59.1 Å². The minimum Gasteiger partial charge on any atom is -0.494 e. The summed E-state index contributed by atoms with van der Waals surface area (Å²) in [6, 6.07) is 12.7. The van der Waals surface area contributed by atoms with E-state index in [1.807, 2.05) is 6.92 Å². The monoisotopic (exact) mass is 361 g/mol. The van der Waals surface area contributed by atoms with Gasteiger partial charge in [0.15, 0.2) is 0 Å². The highest BCUT2D eigenvalue weighted by molar-refractivity contribution is 6.30. The van der Waals surface area contributed by atoms with Gasteiger partial charge in [0.2, 0.25) is 5.91 Å². The predicted molar refractivity (Wildman–Crippen MR) is 97.8 cm³/mol. The molecule has 0 aliphatic carbocycles. The number of hydrogen-bond donors (Lipinski definition) is 3. The fourth-order valence-corrected chi connectivity index (χ4v) is 2.44. The van der Waals surface area contributed by atoms with E-state index in [9.17, 15) is 9.59 Å². The van der Waals surface area contributed by atoms with Gasteiger partial charge in [0.1, 0.15) is 5.75 Å². The van der Waals surface area contributed by atoms with Gasteiger partial charge in [0.25, 0.3) is 0 Å². The van der Waals surface area contributed by atoms with Gasteiger partial charge in [-0.2, -0.15) is 0 Å². The van der Waals surface area contributed by atoms with E-state index >= 15 is 0 Å². The molecule has 2 aromatic rings. The summed E-state index contributed by atoms with van der Waals surface area (Å²) in [4.78, 5) is 23.5. The van der Waals surface area contributed by atoms with Crippen LogP contribution in [0.15, 0.2) is 48.5 Å². The van der Waals surface area contributed by atoms with Crippen molar-refractivity contribution < 1.29 is 14.3 Å². The smallest absolute Gasteiger partial charge is 0.312 e. The van der Waals surface area contributed by atoms with Gasteiger partial charge in [-0.25, -0.2) is 4.79 Å². The third kappa shape index (κ3) is 6.00. The molecule has 3 amide bonds. The molecule has 0 saturated carbocycles. The molecule has 0 fully saturated rings. The summed E-state index contributed by atoms with van der Waals surface area (Å²) >= 11 is 5.87. The van der Waals surface area contributed by atoms with Gasteiger partial charge >= 0.3 is 6.03 Å². The number of anilines is 1. The van der Waals surface area contributed by atoms with E-state index in [1.165, 1.54) is 0 Å². The molecule has 0 aromatic heterocycles. The summed E-state index contributed by atoms with van der Waals surface area (Å²) < 4.78 is 5.36. The van der Waals surface area contributed by atoms with Crippen LogP contribution in [-0.4, -0.2) is 18.5 Å². The Kier molecular flexibility index (Phi) is 6.65. The fourth-order valence-electron chi connectivity index (χ4n) is 2.32. The zero-order valence-electron chi connectivity index (χ0n) is 13.8. The zero-order valence-corrected chi connectivity index (χ0v) is 14.5. The number of halogens is 1. The molecule has 2 rings (SSSR count). The first kappa shape index (κ1) is 18.6. The van der Waals surface area contributed by atoms with Crippen molar-refractivity contribution in [3.63, 3.8) is 0 Å². The Hall–Kier alpha value is -2.73. The van der Waals surface area contributed by atoms with Crippen molar-refractivity contribution >= 4 is 29.2 Å². The molecule has 4 N–H and O–H groups in total. The highest BCUT2D eigenvalue weighted by atomic mass is 35.5. The summed E-state index contributed by atoms with van der Waals surface area (Å²) in [7, 11) is 0. The molecular formula is C18H20ClN3O3. The average molecular weight is 362 g/mol. The number of hydrogen-bond acceptors (Lipinski definition) is 3. The van der Waals surface area contributed by atoms with Crippen LogP contribution >= 0.6 is 11.6 Å². The van der Waals surface area contributed by atoms with Crippen LogP contribution < -0.4 is 21.1 Å². The molecule has 0 heterocycles. The van der Waals surface area contributed by atoms with Gasteiger partial charge in [-0.1, -0.05) is 23.7 Å². The molecule has 1 unspecified atom stereocenters. The third-order valence-corrected chi connectivity index (χ3v) is 3.68. The molecule has 0 aliphatic rings. The first-order valence-corrected chi connectivity index (χ1v) is 8.20. The quantitative estimate of drug-likeness (QED) is 0.704. The molecule has 1 atom stereocenters. The van der Waals surface area contributed by atoms with Crippen LogP contribution in [0.5, 0.6) is 5.75 Å². The number of ether oxygens (including phenoxy) is 1. The van der Waals surface area contributed by atoms with Gasteiger partial charge in [-0.15, -0.1) is 0 Å². The van der Waals surface area contributed by atoms with Gasteiger partial charge in [-0.3, -0.25) is 4.79 Å². The second kappa shape index (κ2) is 8.94. The predicted octanol–water partition coefficient (Wildman–Crippen LogP) is 3.48. The Labute approximate surface area is 151 Å². The molecule has 0 spiro atoms. The van der Waals surface area contributed by atoms with E-state index in [1.54, 1.807) is 48.5 Å². The molecule has 0 aliphatic heterocycles. The number of urea groups is 1. The number of primary amides is 1. The van der Waals surface area contributed by atoms with Gasteiger partial charge in [0, 0.05) is 10.7 Å². The maximum atomic E-state index is 12.3. The van der Waals surface area contributed by atoms with Crippen LogP contribution in [0.3, 0.4) is 0 Å². The Morgan fingerprint density at radius 2 is 1.76 bits per heavy atom. The van der Waals surface area contributed by atoms with Crippen molar-refractivity contribution in [1.82, 2.24) is 5.32 Å². The number of rotatable bonds is 7. The SMILES string of the molecule is CCOc1ccc(NC(=O)CC(NC(N)=O)c2ccc(Cl)cc2)cc1. The number of carbonyl (C=O) groups is 2. The van der Waals surface area contributed by atoms with Crippen LogP contribution in [0, 0.1) is 0 Å². The van der Waals surface area contributed by atoms with E-state index in [2.05, 4.69) is 10.6 Å². The Morgan fingerprint density at radius 3 is 2.32 bits per heavy atom. The molecule has 0 saturated heterocycles. The number of nitrogens with one attached hydrogen (secondary N) is 2. The number of nitrogens with two attached hydrogens (primary N) is 1. The van der Waals surface area contributed by atoms with Crippen LogP contribution in [-0.2, 0) is 4.79 Å². The molecule has 0 radical (unpaired) electrons. The molecular weight excluding hydrogens is 342 g/mol. The summed E-state index contributed by atoms with van der Waals surface area (Å²) in [5, 5.41) is 5.93. The minimum atomic E-state index is -0.700. The van der Waals surface area contributed by atoms with E-state index in [0.717, 1.165) is 11.3 Å². The number of amides is 3. The lowest BCUT2D eigenvalue weighted by atomic mass is 10.0. The lowest BCUT2D eigenvalue weighted by Gasteiger charge is -2.18. The van der Waals surface area contributed by atoms with Gasteiger partial charge in [-0.05, 0) is 48.9 Å². The minimum absolute atomic E-state index is 0.0395. The second-order valence-electron chi connectivity index (χ2n) is 5.32. The van der Waals surface area contributed by atoms with Crippen LogP contribution in [0.1, 0.15) is 24.9 Å². The topological polar surface area (TPSA) is 93.4 Å². The molecule has 7 heteroatoms. The Balaban J connectivity index is 2.03. The number of benzene rings is 2. The lowest BCUT2D eigenvalue weighted by Crippen LogP contribution is -2.35. The van der Waals surface area contributed by atoms with E-state index in [0.29, 0.717) is 17.3 Å². The average Bonchev–Trinajstić information content (AvgIpc) is 2.56. The van der Waals surface area contributed by atoms with Gasteiger partial charge in [0.05, 0.1) is 19.1 Å². The van der Waals surface area contributed by atoms with Crippen LogP contribution in [0.2, 0.25) is 5.02 Å². The molecule has 0 bridgehead atoms. The largest absolute Gasteiger partial charge is 0.494 e. The van der Waals surface area contributed by atoms with Crippen molar-refractivity contribution in [2.24, 2.45) is 5.73 Å². The van der Waals surface area contributed by atoms with Crippen molar-refractivity contribution in [3.8, 4) is 5.75 Å². The van der Waals surface area contributed by atoms with E-state index in [-0.39, 0.29) is 12.3 Å². The molecule has 2 aromatic carbocycles. The van der Waals surface area contributed by atoms with Crippen molar-refractivity contribution in [2.75, 3.05) is 11.9 Å². The summed E-state index contributed by atoms with van der Waals surface area (Å²) in [6.45, 7) is 2.48. The zero-order chi connectivity index (χ0) is 18.2. The Bertz CT molecular complexity index is 717. The van der Waals surface area contributed by atoms with Crippen LogP contribution in [0.25, 0.3) is 0 Å². The van der Waals surface area contributed by atoms with E-state index < -0.39 is 12.1 Å². The summed E-state index contributed by atoms with van der Waals surface area (Å²) in [5.41, 5.74) is 6.59. The molecule has 25 heavy (non-hydrogen) atoms. The first-order valence-electron chi connectivity index (χ1n) is 7.82. The third-order valence-electron chi connectivity index (χ3n) is 3.43. The second-order valence-corrected chi connectivity index (χ2v) is 5.76. The van der Waals surface area contributed by atoms with Gasteiger partial charge < -0.3 is 21.1 Å². The highest BCUT2D eigenvalue weighted by Crippen LogP contribution is 2.21. The number of carbonyl (C=O) groups excluding carboxylic acids is 2.